The molecule has 2 nitrogen and oxygen atoms in total. The topological polar surface area (TPSA) is 15.3 Å². The summed E-state index contributed by atoms with van der Waals surface area (Å²) in [5.74, 6) is 3.41. The Labute approximate surface area is 133 Å². The monoisotopic (exact) mass is 304 g/mol. The first-order valence-corrected chi connectivity index (χ1v) is 9.57. The van der Waals surface area contributed by atoms with Gasteiger partial charge in [-0.25, -0.2) is 0 Å². The number of hydrogen-bond donors (Lipinski definition) is 1. The summed E-state index contributed by atoms with van der Waals surface area (Å²) < 4.78 is 0. The lowest BCUT2D eigenvalue weighted by molar-refractivity contribution is 0.0922. The molecule has 1 aliphatic carbocycles. The van der Waals surface area contributed by atoms with Crippen LogP contribution >= 0.6 is 11.8 Å². The van der Waals surface area contributed by atoms with Gasteiger partial charge in [0.05, 0.1) is 0 Å². The van der Waals surface area contributed by atoms with Crippen LogP contribution in [0.3, 0.4) is 0 Å². The first-order chi connectivity index (χ1) is 10.3. The van der Waals surface area contributed by atoms with Crippen LogP contribution in [0.2, 0.25) is 0 Å². The van der Waals surface area contributed by atoms with Gasteiger partial charge in [0.1, 0.15) is 0 Å². The smallest absolute Gasteiger partial charge is 0.0476 e. The summed E-state index contributed by atoms with van der Waals surface area (Å²) in [6, 6.07) is 13.0. The molecule has 0 radical (unpaired) electrons. The average Bonchev–Trinajstić information content (AvgIpc) is 3.38. The van der Waals surface area contributed by atoms with E-state index in [4.69, 9.17) is 0 Å². The highest BCUT2D eigenvalue weighted by atomic mass is 32.2. The van der Waals surface area contributed by atoms with Crippen LogP contribution in [0.15, 0.2) is 30.3 Å². The largest absolute Gasteiger partial charge is 0.311 e. The summed E-state index contributed by atoms with van der Waals surface area (Å²) in [6.45, 7) is 6.99. The van der Waals surface area contributed by atoms with Crippen LogP contribution in [0.1, 0.15) is 38.3 Å². The zero-order valence-corrected chi connectivity index (χ0v) is 14.1. The molecule has 2 fully saturated rings. The SMILES string of the molecule is CCSCC(C)N1CC(C2CC2)NCC1c1ccccc1. The highest BCUT2D eigenvalue weighted by molar-refractivity contribution is 7.99. The molecule has 2 aliphatic rings. The zero-order chi connectivity index (χ0) is 14.7. The minimum absolute atomic E-state index is 0.536. The summed E-state index contributed by atoms with van der Waals surface area (Å²) >= 11 is 2.07. The summed E-state index contributed by atoms with van der Waals surface area (Å²) in [6.07, 6.45) is 2.86. The standard InChI is InChI=1S/C18H28N2S/c1-3-21-13-14(2)20-12-17(15-9-10-15)19-11-18(20)16-7-5-4-6-8-16/h4-8,14-15,17-19H,3,9-13H2,1-2H3. The number of piperazine rings is 1. The normalized spacial score (nSPS) is 28.5. The van der Waals surface area contributed by atoms with E-state index in [-0.39, 0.29) is 0 Å². The van der Waals surface area contributed by atoms with Crippen molar-refractivity contribution >= 4 is 11.8 Å². The Bertz CT molecular complexity index is 432. The van der Waals surface area contributed by atoms with Gasteiger partial charge in [0.2, 0.25) is 0 Å². The lowest BCUT2D eigenvalue weighted by Crippen LogP contribution is -2.56. The second-order valence-electron chi connectivity index (χ2n) is 6.48. The molecule has 21 heavy (non-hydrogen) atoms. The molecule has 1 aromatic rings. The second kappa shape index (κ2) is 7.17. The molecule has 3 rings (SSSR count). The molecule has 0 amide bonds. The molecule has 1 saturated carbocycles. The van der Waals surface area contributed by atoms with Crippen LogP contribution in [0, 0.1) is 5.92 Å². The molecule has 1 aliphatic heterocycles. The molecular formula is C18H28N2S. The van der Waals surface area contributed by atoms with E-state index >= 15 is 0 Å². The van der Waals surface area contributed by atoms with Crippen molar-refractivity contribution in [2.24, 2.45) is 5.92 Å². The number of thioether (sulfide) groups is 1. The summed E-state index contributed by atoms with van der Waals surface area (Å²) in [4.78, 5) is 2.76. The minimum atomic E-state index is 0.536. The van der Waals surface area contributed by atoms with Crippen LogP contribution in [0.4, 0.5) is 0 Å². The van der Waals surface area contributed by atoms with E-state index in [0.29, 0.717) is 12.1 Å². The number of hydrogen-bond acceptors (Lipinski definition) is 3. The van der Waals surface area contributed by atoms with E-state index in [1.54, 1.807) is 0 Å². The third kappa shape index (κ3) is 3.82. The minimum Gasteiger partial charge on any atom is -0.311 e. The average molecular weight is 305 g/mol. The van der Waals surface area contributed by atoms with E-state index in [2.05, 4.69) is 66.2 Å². The number of nitrogens with zero attached hydrogens (tertiary/aromatic N) is 1. The Morgan fingerprint density at radius 3 is 2.71 bits per heavy atom. The van der Waals surface area contributed by atoms with Crippen molar-refractivity contribution in [1.29, 1.82) is 0 Å². The second-order valence-corrected chi connectivity index (χ2v) is 7.80. The van der Waals surface area contributed by atoms with Gasteiger partial charge in [0.15, 0.2) is 0 Å². The van der Waals surface area contributed by atoms with E-state index in [1.807, 2.05) is 0 Å². The Morgan fingerprint density at radius 1 is 1.29 bits per heavy atom. The Morgan fingerprint density at radius 2 is 2.05 bits per heavy atom. The van der Waals surface area contributed by atoms with Gasteiger partial charge in [-0.2, -0.15) is 11.8 Å². The molecule has 1 heterocycles. The first kappa shape index (κ1) is 15.4. The Kier molecular flexibility index (Phi) is 5.25. The van der Waals surface area contributed by atoms with E-state index in [9.17, 15) is 0 Å². The quantitative estimate of drug-likeness (QED) is 0.865. The highest BCUT2D eigenvalue weighted by Crippen LogP contribution is 2.37. The van der Waals surface area contributed by atoms with Crippen molar-refractivity contribution in [2.75, 3.05) is 24.6 Å². The van der Waals surface area contributed by atoms with Crippen LogP contribution < -0.4 is 5.32 Å². The predicted octanol–water partition coefficient (Wildman–Crippen LogP) is 3.55. The molecule has 0 aromatic heterocycles. The van der Waals surface area contributed by atoms with Crippen LogP contribution in [-0.4, -0.2) is 41.6 Å². The number of rotatable bonds is 6. The van der Waals surface area contributed by atoms with Gasteiger partial charge in [-0.05, 0) is 37.0 Å². The molecule has 3 unspecified atom stereocenters. The Balaban J connectivity index is 1.73. The lowest BCUT2D eigenvalue weighted by Gasteiger charge is -2.44. The fourth-order valence-corrected chi connectivity index (χ4v) is 4.24. The van der Waals surface area contributed by atoms with Gasteiger partial charge in [0.25, 0.3) is 0 Å². The fraction of sp³-hybridized carbons (Fsp3) is 0.667. The van der Waals surface area contributed by atoms with E-state index in [1.165, 1.54) is 36.5 Å². The zero-order valence-electron chi connectivity index (χ0n) is 13.3. The maximum absolute atomic E-state index is 3.82. The van der Waals surface area contributed by atoms with Crippen molar-refractivity contribution in [1.82, 2.24) is 10.2 Å². The molecule has 3 heteroatoms. The maximum Gasteiger partial charge on any atom is 0.0476 e. The van der Waals surface area contributed by atoms with Crippen molar-refractivity contribution in [3.8, 4) is 0 Å². The van der Waals surface area contributed by atoms with Gasteiger partial charge in [0, 0.05) is 37.0 Å². The molecule has 0 bridgehead atoms. The third-order valence-electron chi connectivity index (χ3n) is 4.89. The van der Waals surface area contributed by atoms with Gasteiger partial charge in [-0.1, -0.05) is 37.3 Å². The number of nitrogens with one attached hydrogen (secondary N) is 1. The summed E-state index contributed by atoms with van der Waals surface area (Å²) in [5.41, 5.74) is 1.47. The van der Waals surface area contributed by atoms with Crippen LogP contribution in [0.25, 0.3) is 0 Å². The Hall–Kier alpha value is -0.510. The highest BCUT2D eigenvalue weighted by Gasteiger charge is 2.38. The molecule has 3 atom stereocenters. The summed E-state index contributed by atoms with van der Waals surface area (Å²) in [5, 5.41) is 3.82. The van der Waals surface area contributed by atoms with E-state index < -0.39 is 0 Å². The van der Waals surface area contributed by atoms with Gasteiger partial charge in [-0.15, -0.1) is 0 Å². The third-order valence-corrected chi connectivity index (χ3v) is 6.01. The summed E-state index contributed by atoms with van der Waals surface area (Å²) in [7, 11) is 0. The molecule has 1 saturated heterocycles. The van der Waals surface area contributed by atoms with Crippen molar-refractivity contribution in [3.63, 3.8) is 0 Å². The molecule has 1 aromatic carbocycles. The molecule has 0 spiro atoms. The fourth-order valence-electron chi connectivity index (χ4n) is 3.47. The lowest BCUT2D eigenvalue weighted by atomic mass is 9.98. The maximum atomic E-state index is 3.82. The van der Waals surface area contributed by atoms with E-state index in [0.717, 1.165) is 18.5 Å². The van der Waals surface area contributed by atoms with Crippen molar-refractivity contribution in [2.45, 2.75) is 44.8 Å². The van der Waals surface area contributed by atoms with Crippen molar-refractivity contribution < 1.29 is 0 Å². The molecule has 116 valence electrons. The number of benzene rings is 1. The van der Waals surface area contributed by atoms with Crippen LogP contribution in [-0.2, 0) is 0 Å². The van der Waals surface area contributed by atoms with Crippen LogP contribution in [0.5, 0.6) is 0 Å². The predicted molar refractivity (Wildman–Crippen MR) is 92.9 cm³/mol. The van der Waals surface area contributed by atoms with Gasteiger partial charge < -0.3 is 5.32 Å². The van der Waals surface area contributed by atoms with Crippen molar-refractivity contribution in [3.05, 3.63) is 35.9 Å². The van der Waals surface area contributed by atoms with Gasteiger partial charge >= 0.3 is 0 Å². The molecule has 1 N–H and O–H groups in total. The molecular weight excluding hydrogens is 276 g/mol. The first-order valence-electron chi connectivity index (χ1n) is 8.41. The van der Waals surface area contributed by atoms with Gasteiger partial charge in [-0.3, -0.25) is 4.90 Å².